The molecule has 2 nitrogen and oxygen atoms in total. The van der Waals surface area contributed by atoms with E-state index >= 15 is 0 Å². The number of ether oxygens (including phenoxy) is 1. The van der Waals surface area contributed by atoms with Gasteiger partial charge in [0.05, 0.1) is 12.2 Å². The van der Waals surface area contributed by atoms with Crippen LogP contribution in [-0.4, -0.2) is 18.2 Å². The van der Waals surface area contributed by atoms with Crippen molar-refractivity contribution in [3.05, 3.63) is 0 Å². The molecule has 0 amide bonds. The lowest BCUT2D eigenvalue weighted by molar-refractivity contribution is 0.0185. The standard InChI is InChI=1S/C12H19NO/c13-11-7-1-2-8(5-7)12(11)6-9-3-4-10(12)14-9/h7-11H,1-6,13H2/t7-,8+,9+,10?,11+,12?/m1/s1. The summed E-state index contributed by atoms with van der Waals surface area (Å²) in [5.74, 6) is 1.75. The quantitative estimate of drug-likeness (QED) is 0.635. The highest BCUT2D eigenvalue weighted by atomic mass is 16.5. The second-order valence-corrected chi connectivity index (χ2v) is 5.94. The van der Waals surface area contributed by atoms with Gasteiger partial charge < -0.3 is 10.5 Å². The lowest BCUT2D eigenvalue weighted by Gasteiger charge is -2.43. The molecule has 14 heavy (non-hydrogen) atoms. The summed E-state index contributed by atoms with van der Waals surface area (Å²) in [7, 11) is 0. The molecule has 0 radical (unpaired) electrons. The Hall–Kier alpha value is -0.0800. The van der Waals surface area contributed by atoms with Crippen molar-refractivity contribution in [1.29, 1.82) is 0 Å². The van der Waals surface area contributed by atoms with E-state index in [-0.39, 0.29) is 0 Å². The van der Waals surface area contributed by atoms with Crippen molar-refractivity contribution in [2.45, 2.75) is 56.8 Å². The summed E-state index contributed by atoms with van der Waals surface area (Å²) in [4.78, 5) is 0. The average molecular weight is 193 g/mol. The molecule has 4 fully saturated rings. The molecule has 2 N–H and O–H groups in total. The molecule has 2 saturated carbocycles. The predicted molar refractivity (Wildman–Crippen MR) is 53.8 cm³/mol. The number of rotatable bonds is 0. The van der Waals surface area contributed by atoms with Gasteiger partial charge in [0.2, 0.25) is 0 Å². The Kier molecular flexibility index (Phi) is 1.37. The monoisotopic (exact) mass is 193 g/mol. The molecule has 0 aromatic rings. The van der Waals surface area contributed by atoms with Crippen LogP contribution in [0.25, 0.3) is 0 Å². The van der Waals surface area contributed by atoms with Crippen LogP contribution in [0.15, 0.2) is 0 Å². The Morgan fingerprint density at radius 1 is 1.14 bits per heavy atom. The molecule has 4 rings (SSSR count). The van der Waals surface area contributed by atoms with Gasteiger partial charge in [0, 0.05) is 11.5 Å². The molecule has 0 aromatic carbocycles. The van der Waals surface area contributed by atoms with Gasteiger partial charge in [-0.2, -0.15) is 0 Å². The maximum absolute atomic E-state index is 6.47. The lowest BCUT2D eigenvalue weighted by Crippen LogP contribution is -2.51. The molecule has 1 spiro atoms. The Morgan fingerprint density at radius 2 is 2.07 bits per heavy atom. The van der Waals surface area contributed by atoms with Gasteiger partial charge in [0.25, 0.3) is 0 Å². The summed E-state index contributed by atoms with van der Waals surface area (Å²) in [6.45, 7) is 0. The van der Waals surface area contributed by atoms with E-state index in [9.17, 15) is 0 Å². The molecule has 2 unspecified atom stereocenters. The van der Waals surface area contributed by atoms with Gasteiger partial charge in [0.15, 0.2) is 0 Å². The van der Waals surface area contributed by atoms with Crippen LogP contribution in [0.5, 0.6) is 0 Å². The van der Waals surface area contributed by atoms with Crippen LogP contribution in [0.2, 0.25) is 0 Å². The second-order valence-electron chi connectivity index (χ2n) is 5.94. The smallest absolute Gasteiger partial charge is 0.0654 e. The van der Waals surface area contributed by atoms with Crippen molar-refractivity contribution in [2.24, 2.45) is 23.0 Å². The van der Waals surface area contributed by atoms with Crippen LogP contribution in [0.3, 0.4) is 0 Å². The molecule has 4 aliphatic rings. The van der Waals surface area contributed by atoms with E-state index in [1.54, 1.807) is 0 Å². The highest BCUT2D eigenvalue weighted by molar-refractivity contribution is 5.16. The summed E-state index contributed by atoms with van der Waals surface area (Å²) in [6, 6.07) is 0.469. The SMILES string of the molecule is N[C@H]1[C@@H]2CC[C@@H](C2)C12C[C@@H]1CCC2O1. The van der Waals surface area contributed by atoms with E-state index in [1.165, 1.54) is 38.5 Å². The second kappa shape index (κ2) is 2.35. The topological polar surface area (TPSA) is 35.2 Å². The van der Waals surface area contributed by atoms with Gasteiger partial charge in [0.1, 0.15) is 0 Å². The first-order valence-corrected chi connectivity index (χ1v) is 6.22. The van der Waals surface area contributed by atoms with E-state index < -0.39 is 0 Å². The lowest BCUT2D eigenvalue weighted by atomic mass is 9.62. The molecule has 78 valence electrons. The Balaban J connectivity index is 1.76. The molecule has 4 bridgehead atoms. The van der Waals surface area contributed by atoms with Gasteiger partial charge >= 0.3 is 0 Å². The van der Waals surface area contributed by atoms with Gasteiger partial charge in [-0.05, 0) is 50.4 Å². The molecule has 2 saturated heterocycles. The first kappa shape index (κ1) is 8.12. The Bertz CT molecular complexity index is 268. The number of hydrogen-bond acceptors (Lipinski definition) is 2. The molecule has 2 aliphatic carbocycles. The van der Waals surface area contributed by atoms with Crippen LogP contribution in [0.1, 0.15) is 38.5 Å². The summed E-state index contributed by atoms with van der Waals surface area (Å²) >= 11 is 0. The number of hydrogen-bond donors (Lipinski definition) is 1. The van der Waals surface area contributed by atoms with E-state index in [2.05, 4.69) is 0 Å². The van der Waals surface area contributed by atoms with Crippen molar-refractivity contribution in [1.82, 2.24) is 0 Å². The Morgan fingerprint density at radius 3 is 2.64 bits per heavy atom. The van der Waals surface area contributed by atoms with Gasteiger partial charge in [-0.15, -0.1) is 0 Å². The maximum Gasteiger partial charge on any atom is 0.0654 e. The molecule has 2 aliphatic heterocycles. The maximum atomic E-state index is 6.47. The van der Waals surface area contributed by atoms with Crippen molar-refractivity contribution < 1.29 is 4.74 Å². The fourth-order valence-corrected chi connectivity index (χ4v) is 5.10. The number of nitrogens with two attached hydrogens (primary N) is 1. The zero-order valence-corrected chi connectivity index (χ0v) is 8.61. The third-order valence-corrected chi connectivity index (χ3v) is 5.65. The summed E-state index contributed by atoms with van der Waals surface area (Å²) < 4.78 is 6.05. The first-order valence-electron chi connectivity index (χ1n) is 6.22. The largest absolute Gasteiger partial charge is 0.374 e. The first-order chi connectivity index (χ1) is 6.80. The third kappa shape index (κ3) is 0.704. The zero-order chi connectivity index (χ0) is 9.34. The van der Waals surface area contributed by atoms with E-state index in [0.29, 0.717) is 23.7 Å². The van der Waals surface area contributed by atoms with Crippen LogP contribution >= 0.6 is 0 Å². The number of fused-ring (bicyclic) bond motifs is 6. The normalized spacial score (nSPS) is 64.5. The summed E-state index contributed by atoms with van der Waals surface area (Å²) in [5, 5.41) is 0. The van der Waals surface area contributed by atoms with Crippen LogP contribution < -0.4 is 5.73 Å². The Labute approximate surface area is 85.2 Å². The minimum atomic E-state index is 0.436. The zero-order valence-electron chi connectivity index (χ0n) is 8.61. The van der Waals surface area contributed by atoms with E-state index in [4.69, 9.17) is 10.5 Å². The van der Waals surface area contributed by atoms with Crippen molar-refractivity contribution in [3.63, 3.8) is 0 Å². The third-order valence-electron chi connectivity index (χ3n) is 5.65. The van der Waals surface area contributed by atoms with E-state index in [0.717, 1.165) is 11.8 Å². The molecule has 6 atom stereocenters. The van der Waals surface area contributed by atoms with Crippen molar-refractivity contribution in [2.75, 3.05) is 0 Å². The minimum absolute atomic E-state index is 0.436. The van der Waals surface area contributed by atoms with Crippen LogP contribution in [0.4, 0.5) is 0 Å². The fourth-order valence-electron chi connectivity index (χ4n) is 5.10. The summed E-state index contributed by atoms with van der Waals surface area (Å²) in [6.07, 6.45) is 9.24. The predicted octanol–water partition coefficient (Wildman–Crippen LogP) is 1.68. The summed E-state index contributed by atoms with van der Waals surface area (Å²) in [5.41, 5.74) is 6.90. The average Bonchev–Trinajstić information content (AvgIpc) is 2.91. The molecular formula is C12H19NO. The van der Waals surface area contributed by atoms with Gasteiger partial charge in [-0.1, -0.05) is 0 Å². The molecule has 2 heterocycles. The highest BCUT2D eigenvalue weighted by Crippen LogP contribution is 2.65. The minimum Gasteiger partial charge on any atom is -0.374 e. The van der Waals surface area contributed by atoms with Gasteiger partial charge in [-0.3, -0.25) is 0 Å². The van der Waals surface area contributed by atoms with Crippen LogP contribution in [-0.2, 0) is 4.74 Å². The molecule has 2 heteroatoms. The molecule has 0 aromatic heterocycles. The van der Waals surface area contributed by atoms with Gasteiger partial charge in [-0.25, -0.2) is 0 Å². The highest BCUT2D eigenvalue weighted by Gasteiger charge is 2.65. The molecular weight excluding hydrogens is 174 g/mol. The van der Waals surface area contributed by atoms with Crippen molar-refractivity contribution >= 4 is 0 Å². The van der Waals surface area contributed by atoms with Crippen LogP contribution in [0, 0.1) is 17.3 Å². The van der Waals surface area contributed by atoms with Crippen molar-refractivity contribution in [3.8, 4) is 0 Å². The van der Waals surface area contributed by atoms with E-state index in [1.807, 2.05) is 0 Å². The fraction of sp³-hybridized carbons (Fsp3) is 1.00.